The Morgan fingerprint density at radius 1 is 0.842 bits per heavy atom. The largest absolute Gasteiger partial charge is 0.508 e. The first kappa shape index (κ1) is 30.1. The molecule has 10 nitrogen and oxygen atoms in total. The predicted molar refractivity (Wildman–Crippen MR) is 147 cm³/mol. The molecule has 206 valence electrons. The van der Waals surface area contributed by atoms with E-state index in [1.54, 1.807) is 19.1 Å². The molecule has 2 amide bonds. The number of nitrogens with one attached hydrogen (secondary N) is 2. The molecule has 0 aliphatic heterocycles. The fraction of sp³-hybridized carbons (Fsp3) is 0.429. The lowest BCUT2D eigenvalue weighted by Crippen LogP contribution is -2.53. The summed E-state index contributed by atoms with van der Waals surface area (Å²) in [5.74, 6) is -2.23. The second-order valence-corrected chi connectivity index (χ2v) is 9.84. The smallest absolute Gasteiger partial charge is 0.326 e. The molecule has 0 bridgehead atoms. The molecule has 0 radical (unpaired) electrons. The van der Waals surface area contributed by atoms with Crippen molar-refractivity contribution in [3.05, 3.63) is 65.2 Å². The van der Waals surface area contributed by atoms with Crippen LogP contribution in [0.3, 0.4) is 0 Å². The summed E-state index contributed by atoms with van der Waals surface area (Å²) in [7, 11) is 0. The maximum Gasteiger partial charge on any atom is 0.326 e. The van der Waals surface area contributed by atoms with Crippen LogP contribution >= 0.6 is 0 Å². The van der Waals surface area contributed by atoms with E-state index in [0.29, 0.717) is 17.9 Å². The molecule has 2 unspecified atom stereocenters. The van der Waals surface area contributed by atoms with Gasteiger partial charge in [0, 0.05) is 13.0 Å². The van der Waals surface area contributed by atoms with Gasteiger partial charge in [-0.05, 0) is 60.9 Å². The summed E-state index contributed by atoms with van der Waals surface area (Å²) in [4.78, 5) is 42.0. The summed E-state index contributed by atoms with van der Waals surface area (Å²) in [5, 5.41) is 24.5. The molecular weight excluding hydrogens is 486 g/mol. The third-order valence-electron chi connectivity index (χ3n) is 6.09. The monoisotopic (exact) mass is 525 g/mol. The number of nitrogens with zero attached hydrogens (tertiary/aromatic N) is 1. The number of aliphatic carboxylic acids is 1. The third-order valence-corrected chi connectivity index (χ3v) is 6.09. The van der Waals surface area contributed by atoms with E-state index in [4.69, 9.17) is 11.5 Å². The molecule has 0 spiro atoms. The summed E-state index contributed by atoms with van der Waals surface area (Å²) in [6.07, 6.45) is 1.50. The molecule has 2 aromatic carbocycles. The van der Waals surface area contributed by atoms with E-state index in [1.165, 1.54) is 17.7 Å². The van der Waals surface area contributed by atoms with E-state index in [0.717, 1.165) is 12.0 Å². The molecule has 0 aliphatic rings. The summed E-state index contributed by atoms with van der Waals surface area (Å²) in [6, 6.07) is 11.9. The number of phenolic OH excluding ortho intramolecular Hbond substituents is 1. The SMILES string of the molecule is CC(C)Cc1ccc([C@H](C)C(=O)NC(Cc2ccc(O)cc2)C(=O)NC(CCCN=C(N)N)C(=O)O)cc1. The van der Waals surface area contributed by atoms with E-state index in [-0.39, 0.29) is 37.0 Å². The van der Waals surface area contributed by atoms with Crippen molar-refractivity contribution >= 4 is 23.7 Å². The first-order valence-electron chi connectivity index (χ1n) is 12.7. The molecule has 0 aromatic heterocycles. The predicted octanol–water partition coefficient (Wildman–Crippen LogP) is 2.04. The van der Waals surface area contributed by atoms with Crippen molar-refractivity contribution in [2.45, 2.75) is 64.5 Å². The lowest BCUT2D eigenvalue weighted by atomic mass is 9.95. The number of carboxylic acids is 1. The molecule has 0 saturated heterocycles. The van der Waals surface area contributed by atoms with Crippen molar-refractivity contribution in [3.63, 3.8) is 0 Å². The number of carbonyl (C=O) groups is 3. The lowest BCUT2D eigenvalue weighted by Gasteiger charge is -2.23. The zero-order chi connectivity index (χ0) is 28.2. The number of hydrogen-bond donors (Lipinski definition) is 6. The molecule has 38 heavy (non-hydrogen) atoms. The first-order chi connectivity index (χ1) is 18.0. The summed E-state index contributed by atoms with van der Waals surface area (Å²) in [5.41, 5.74) is 13.3. The van der Waals surface area contributed by atoms with Gasteiger partial charge in [0.1, 0.15) is 17.8 Å². The van der Waals surface area contributed by atoms with Gasteiger partial charge in [0.05, 0.1) is 5.92 Å². The average molecular weight is 526 g/mol. The number of nitrogens with two attached hydrogens (primary N) is 2. The molecule has 8 N–H and O–H groups in total. The molecule has 0 fully saturated rings. The Balaban J connectivity index is 2.16. The first-order valence-corrected chi connectivity index (χ1v) is 12.7. The van der Waals surface area contributed by atoms with Gasteiger partial charge < -0.3 is 32.3 Å². The van der Waals surface area contributed by atoms with Gasteiger partial charge in [-0.2, -0.15) is 0 Å². The second kappa shape index (κ2) is 14.6. The van der Waals surface area contributed by atoms with Gasteiger partial charge in [-0.1, -0.05) is 50.2 Å². The Bertz CT molecular complexity index is 1100. The number of phenols is 1. The molecule has 2 rings (SSSR count). The number of carboxylic acid groups (broad SMARTS) is 1. The van der Waals surface area contributed by atoms with Crippen LogP contribution in [0.2, 0.25) is 0 Å². The van der Waals surface area contributed by atoms with Crippen LogP contribution in [0.1, 0.15) is 56.2 Å². The molecule has 2 aromatic rings. The number of amides is 2. The second-order valence-electron chi connectivity index (χ2n) is 9.84. The van der Waals surface area contributed by atoms with Gasteiger partial charge in [-0.25, -0.2) is 4.79 Å². The summed E-state index contributed by atoms with van der Waals surface area (Å²) < 4.78 is 0. The van der Waals surface area contributed by atoms with Crippen LogP contribution in [0.25, 0.3) is 0 Å². The standard InChI is InChI=1S/C28H39N5O5/c1-17(2)15-19-6-10-21(11-7-19)18(3)25(35)33-24(16-20-8-12-22(34)13-9-20)26(36)32-23(27(37)38)5-4-14-31-28(29)30/h6-13,17-18,23-24,34H,4-5,14-16H2,1-3H3,(H,32,36)(H,33,35)(H,37,38)(H4,29,30,31)/t18-,23?,24?/m0/s1. The van der Waals surface area contributed by atoms with Crippen LogP contribution in [0.15, 0.2) is 53.5 Å². The van der Waals surface area contributed by atoms with Crippen molar-refractivity contribution < 1.29 is 24.6 Å². The highest BCUT2D eigenvalue weighted by atomic mass is 16.4. The fourth-order valence-electron chi connectivity index (χ4n) is 3.97. The van der Waals surface area contributed by atoms with Crippen LogP contribution in [-0.2, 0) is 27.2 Å². The molecule has 0 heterocycles. The van der Waals surface area contributed by atoms with Gasteiger partial charge in [-0.3, -0.25) is 14.6 Å². The van der Waals surface area contributed by atoms with E-state index >= 15 is 0 Å². The Morgan fingerprint density at radius 2 is 1.39 bits per heavy atom. The zero-order valence-corrected chi connectivity index (χ0v) is 22.2. The Labute approximate surface area is 223 Å². The highest BCUT2D eigenvalue weighted by Gasteiger charge is 2.28. The highest BCUT2D eigenvalue weighted by Crippen LogP contribution is 2.19. The number of hydrogen-bond acceptors (Lipinski definition) is 5. The molecule has 0 aliphatic carbocycles. The van der Waals surface area contributed by atoms with Crippen LogP contribution in [0.4, 0.5) is 0 Å². The maximum atomic E-state index is 13.2. The number of carbonyl (C=O) groups excluding carboxylic acids is 2. The average Bonchev–Trinajstić information content (AvgIpc) is 2.85. The number of aliphatic imine (C=N–C) groups is 1. The van der Waals surface area contributed by atoms with Gasteiger partial charge in [0.15, 0.2) is 5.96 Å². The van der Waals surface area contributed by atoms with Gasteiger partial charge in [-0.15, -0.1) is 0 Å². The van der Waals surface area contributed by atoms with Gasteiger partial charge in [0.2, 0.25) is 11.8 Å². The summed E-state index contributed by atoms with van der Waals surface area (Å²) >= 11 is 0. The van der Waals surface area contributed by atoms with Crippen molar-refractivity contribution in [3.8, 4) is 5.75 Å². The maximum absolute atomic E-state index is 13.2. The minimum absolute atomic E-state index is 0.0695. The van der Waals surface area contributed by atoms with Crippen LogP contribution in [-0.4, -0.2) is 52.6 Å². The molecular formula is C28H39N5O5. The Kier molecular flexibility index (Phi) is 11.6. The lowest BCUT2D eigenvalue weighted by molar-refractivity contribution is -0.142. The van der Waals surface area contributed by atoms with Crippen molar-refractivity contribution in [1.29, 1.82) is 0 Å². The minimum Gasteiger partial charge on any atom is -0.508 e. The minimum atomic E-state index is -1.20. The van der Waals surface area contributed by atoms with Crippen molar-refractivity contribution in [2.75, 3.05) is 6.54 Å². The van der Waals surface area contributed by atoms with Crippen LogP contribution in [0, 0.1) is 5.92 Å². The van der Waals surface area contributed by atoms with Crippen molar-refractivity contribution in [1.82, 2.24) is 10.6 Å². The third kappa shape index (κ3) is 10.1. The quantitative estimate of drug-likeness (QED) is 0.124. The van der Waals surface area contributed by atoms with Crippen LogP contribution in [0.5, 0.6) is 5.75 Å². The molecule has 0 saturated carbocycles. The number of guanidine groups is 1. The van der Waals surface area contributed by atoms with E-state index in [2.05, 4.69) is 29.5 Å². The van der Waals surface area contributed by atoms with Gasteiger partial charge in [0.25, 0.3) is 0 Å². The van der Waals surface area contributed by atoms with E-state index in [9.17, 15) is 24.6 Å². The Hall–Kier alpha value is -4.08. The van der Waals surface area contributed by atoms with Gasteiger partial charge >= 0.3 is 5.97 Å². The molecule has 3 atom stereocenters. The number of rotatable bonds is 14. The molecule has 10 heteroatoms. The highest BCUT2D eigenvalue weighted by molar-refractivity contribution is 5.92. The van der Waals surface area contributed by atoms with E-state index in [1.807, 2.05) is 24.3 Å². The number of benzene rings is 2. The number of aromatic hydroxyl groups is 1. The summed E-state index contributed by atoms with van der Waals surface area (Å²) in [6.45, 7) is 6.26. The van der Waals surface area contributed by atoms with Crippen LogP contribution < -0.4 is 22.1 Å². The van der Waals surface area contributed by atoms with E-state index < -0.39 is 29.9 Å². The topological polar surface area (TPSA) is 180 Å². The zero-order valence-electron chi connectivity index (χ0n) is 22.2. The Morgan fingerprint density at radius 3 is 1.95 bits per heavy atom. The normalized spacial score (nSPS) is 13.3. The fourth-order valence-corrected chi connectivity index (χ4v) is 3.97. The van der Waals surface area contributed by atoms with Crippen molar-refractivity contribution in [2.24, 2.45) is 22.4 Å².